The predicted octanol–water partition coefficient (Wildman–Crippen LogP) is 5.74. The van der Waals surface area contributed by atoms with E-state index in [-0.39, 0.29) is 0 Å². The van der Waals surface area contributed by atoms with Crippen molar-refractivity contribution in [1.29, 1.82) is 0 Å². The molecule has 7 heteroatoms. The molecule has 194 valence electrons. The van der Waals surface area contributed by atoms with Gasteiger partial charge >= 0.3 is 0 Å². The molecule has 0 radical (unpaired) electrons. The Bertz CT molecular complexity index is 1380. The number of hydrogen-bond donors (Lipinski definition) is 0. The number of sulfone groups is 1. The Morgan fingerprint density at radius 2 is 1.49 bits per heavy atom. The van der Waals surface area contributed by atoms with Crippen LogP contribution in [-0.4, -0.2) is 33.8 Å². The van der Waals surface area contributed by atoms with Gasteiger partial charge in [0, 0.05) is 11.3 Å². The van der Waals surface area contributed by atoms with E-state index < -0.39 is 31.8 Å². The fraction of sp³-hybridized carbons (Fsp3) is 0.367. The molecule has 1 amide bonds. The van der Waals surface area contributed by atoms with E-state index in [1.165, 1.54) is 0 Å². The van der Waals surface area contributed by atoms with Crippen LogP contribution in [0.5, 0.6) is 11.5 Å². The highest BCUT2D eigenvalue weighted by atomic mass is 32.2. The zero-order valence-electron chi connectivity index (χ0n) is 21.5. The van der Waals surface area contributed by atoms with Gasteiger partial charge in [0.1, 0.15) is 11.5 Å². The molecule has 1 aliphatic heterocycles. The molecular formula is C30H33NO5S. The maximum atomic E-state index is 14.7. The van der Waals surface area contributed by atoms with Gasteiger partial charge in [-0.25, -0.2) is 8.42 Å². The summed E-state index contributed by atoms with van der Waals surface area (Å²) < 4.78 is 38.8. The van der Waals surface area contributed by atoms with Crippen molar-refractivity contribution in [2.75, 3.05) is 19.1 Å². The minimum Gasteiger partial charge on any atom is -0.497 e. The second-order valence-corrected chi connectivity index (χ2v) is 12.3. The van der Waals surface area contributed by atoms with Gasteiger partial charge in [-0.3, -0.25) is 4.79 Å². The summed E-state index contributed by atoms with van der Waals surface area (Å²) >= 11 is 0. The largest absolute Gasteiger partial charge is 0.497 e. The Morgan fingerprint density at radius 3 is 2.11 bits per heavy atom. The highest BCUT2D eigenvalue weighted by molar-refractivity contribution is 7.94. The third kappa shape index (κ3) is 3.91. The normalized spacial score (nSPS) is 22.4. The second kappa shape index (κ2) is 9.86. The number of carbonyl (C=O) groups is 1. The van der Waals surface area contributed by atoms with E-state index >= 15 is 0 Å². The lowest BCUT2D eigenvalue weighted by Gasteiger charge is -2.56. The molecule has 0 N–H and O–H groups in total. The van der Waals surface area contributed by atoms with Crippen molar-refractivity contribution >= 4 is 21.4 Å². The first-order chi connectivity index (χ1) is 17.9. The van der Waals surface area contributed by atoms with Gasteiger partial charge in [0.15, 0.2) is 9.84 Å². The Kier molecular flexibility index (Phi) is 6.75. The van der Waals surface area contributed by atoms with Crippen molar-refractivity contribution in [2.24, 2.45) is 0 Å². The number of rotatable bonds is 7. The van der Waals surface area contributed by atoms with Crippen molar-refractivity contribution < 1.29 is 22.7 Å². The SMILES string of the molecule is COc1ccc([C@]2(S(=O)(=O)C3CCCCC3)C(=O)N(c3ccc(C)cc3)[C@H]2c2ccccc2OC)cc1. The first kappa shape index (κ1) is 25.3. The number of carbonyl (C=O) groups excluding carboxylic acids is 1. The van der Waals surface area contributed by atoms with Gasteiger partial charge in [0.2, 0.25) is 4.75 Å². The van der Waals surface area contributed by atoms with Crippen LogP contribution in [0.3, 0.4) is 0 Å². The Hall–Kier alpha value is -3.32. The zero-order valence-corrected chi connectivity index (χ0v) is 22.3. The number of β-lactam (4-membered cyclic amide) rings is 1. The molecule has 2 fully saturated rings. The second-order valence-electron chi connectivity index (χ2n) is 9.92. The van der Waals surface area contributed by atoms with E-state index in [0.717, 1.165) is 24.8 Å². The number of methoxy groups -OCH3 is 2. The fourth-order valence-electron chi connectivity index (χ4n) is 5.95. The molecule has 0 spiro atoms. The van der Waals surface area contributed by atoms with E-state index in [1.807, 2.05) is 55.5 Å². The molecule has 1 saturated carbocycles. The molecule has 0 aromatic heterocycles. The topological polar surface area (TPSA) is 72.9 Å². The standard InChI is InChI=1S/C30H33NO5S/c1-21-13-17-23(18-14-21)31-28(26-11-7-8-12-27(26)36-3)30(29(31)32,22-15-19-24(35-2)20-16-22)37(33,34)25-9-5-4-6-10-25/h7-8,11-20,25,28H,4-6,9-10H2,1-3H3/t28-,30+/m0/s1. The van der Waals surface area contributed by atoms with Crippen LogP contribution in [0.4, 0.5) is 5.69 Å². The number of amides is 1. The quantitative estimate of drug-likeness (QED) is 0.372. The van der Waals surface area contributed by atoms with Gasteiger partial charge in [0.05, 0.1) is 25.5 Å². The summed E-state index contributed by atoms with van der Waals surface area (Å²) in [5, 5.41) is -0.579. The Balaban J connectivity index is 1.79. The summed E-state index contributed by atoms with van der Waals surface area (Å²) in [6, 6.07) is 21.1. The third-order valence-electron chi connectivity index (χ3n) is 7.88. The fourth-order valence-corrected chi connectivity index (χ4v) is 8.78. The van der Waals surface area contributed by atoms with Crippen LogP contribution in [0.25, 0.3) is 0 Å². The van der Waals surface area contributed by atoms with Gasteiger partial charge in [-0.1, -0.05) is 67.3 Å². The summed E-state index contributed by atoms with van der Waals surface area (Å²) in [7, 11) is -0.834. The molecule has 0 unspecified atom stereocenters. The van der Waals surface area contributed by atoms with Crippen molar-refractivity contribution in [3.8, 4) is 11.5 Å². The molecule has 37 heavy (non-hydrogen) atoms. The number of benzene rings is 3. The summed E-state index contributed by atoms with van der Waals surface area (Å²) in [5.74, 6) is 0.724. The number of nitrogens with zero attached hydrogens (tertiary/aromatic N) is 1. The van der Waals surface area contributed by atoms with Crippen LogP contribution in [0.2, 0.25) is 0 Å². The molecule has 2 atom stereocenters. The van der Waals surface area contributed by atoms with Crippen LogP contribution in [0.15, 0.2) is 72.8 Å². The number of aryl methyl sites for hydroxylation is 1. The molecule has 3 aromatic rings. The average Bonchev–Trinajstić information content (AvgIpc) is 2.93. The monoisotopic (exact) mass is 519 g/mol. The molecule has 1 heterocycles. The third-order valence-corrected chi connectivity index (χ3v) is 10.8. The van der Waals surface area contributed by atoms with E-state index in [0.29, 0.717) is 41.2 Å². The van der Waals surface area contributed by atoms with Crippen LogP contribution in [0, 0.1) is 6.92 Å². The van der Waals surface area contributed by atoms with E-state index in [9.17, 15) is 13.2 Å². The zero-order chi connectivity index (χ0) is 26.2. The molecule has 0 bridgehead atoms. The van der Waals surface area contributed by atoms with Gasteiger partial charge in [0.25, 0.3) is 5.91 Å². The predicted molar refractivity (Wildman–Crippen MR) is 145 cm³/mol. The number of para-hydroxylation sites is 1. The van der Waals surface area contributed by atoms with E-state index in [4.69, 9.17) is 9.47 Å². The smallest absolute Gasteiger partial charge is 0.256 e. The van der Waals surface area contributed by atoms with Crippen molar-refractivity contribution in [1.82, 2.24) is 0 Å². The maximum absolute atomic E-state index is 14.7. The first-order valence-corrected chi connectivity index (χ1v) is 14.3. The number of hydrogen-bond acceptors (Lipinski definition) is 5. The molecule has 3 aromatic carbocycles. The Morgan fingerprint density at radius 1 is 0.838 bits per heavy atom. The molecule has 6 nitrogen and oxygen atoms in total. The summed E-state index contributed by atoms with van der Waals surface area (Å²) in [6.45, 7) is 1.98. The van der Waals surface area contributed by atoms with Crippen LogP contribution in [0.1, 0.15) is 54.8 Å². The highest BCUT2D eigenvalue weighted by Crippen LogP contribution is 2.60. The van der Waals surface area contributed by atoms with Crippen LogP contribution < -0.4 is 14.4 Å². The van der Waals surface area contributed by atoms with Gasteiger partial charge < -0.3 is 14.4 Å². The van der Waals surface area contributed by atoms with Gasteiger partial charge in [-0.2, -0.15) is 0 Å². The first-order valence-electron chi connectivity index (χ1n) is 12.8. The number of ether oxygens (including phenoxy) is 2. The van der Waals surface area contributed by atoms with Crippen LogP contribution in [-0.2, 0) is 19.4 Å². The molecular weight excluding hydrogens is 486 g/mol. The lowest BCUT2D eigenvalue weighted by Crippen LogP contribution is -2.71. The van der Waals surface area contributed by atoms with E-state index in [2.05, 4.69) is 0 Å². The van der Waals surface area contributed by atoms with Crippen LogP contribution >= 0.6 is 0 Å². The molecule has 1 saturated heterocycles. The number of anilines is 1. The summed E-state index contributed by atoms with van der Waals surface area (Å²) in [6.07, 6.45) is 3.84. The molecule has 1 aliphatic carbocycles. The van der Waals surface area contributed by atoms with Gasteiger partial charge in [-0.05, 0) is 55.7 Å². The highest BCUT2D eigenvalue weighted by Gasteiger charge is 2.71. The Labute approximate surface area is 219 Å². The summed E-state index contributed by atoms with van der Waals surface area (Å²) in [5.41, 5.74) is 2.85. The molecule has 2 aliphatic rings. The molecule has 5 rings (SSSR count). The van der Waals surface area contributed by atoms with Crippen molar-refractivity contribution in [3.63, 3.8) is 0 Å². The summed E-state index contributed by atoms with van der Waals surface area (Å²) in [4.78, 5) is 16.1. The lowest BCUT2D eigenvalue weighted by molar-refractivity contribution is -0.128. The lowest BCUT2D eigenvalue weighted by atomic mass is 9.76. The average molecular weight is 520 g/mol. The van der Waals surface area contributed by atoms with E-state index in [1.54, 1.807) is 43.4 Å². The van der Waals surface area contributed by atoms with Crippen molar-refractivity contribution in [3.05, 3.63) is 89.5 Å². The maximum Gasteiger partial charge on any atom is 0.256 e. The minimum atomic E-state index is -3.97. The van der Waals surface area contributed by atoms with Crippen molar-refractivity contribution in [2.45, 2.75) is 55.1 Å². The van der Waals surface area contributed by atoms with Gasteiger partial charge in [-0.15, -0.1) is 0 Å². The minimum absolute atomic E-state index is 0.428.